The number of rotatable bonds is 3. The summed E-state index contributed by atoms with van der Waals surface area (Å²) in [7, 11) is 1.68. The van der Waals surface area contributed by atoms with Crippen molar-refractivity contribution in [2.24, 2.45) is 17.3 Å². The zero-order chi connectivity index (χ0) is 18.7. The Kier molecular flexibility index (Phi) is 4.17. The van der Waals surface area contributed by atoms with Gasteiger partial charge in [-0.25, -0.2) is 0 Å². The first-order chi connectivity index (χ1) is 12.4. The zero-order valence-electron chi connectivity index (χ0n) is 15.4. The molecule has 3 aliphatic rings. The van der Waals surface area contributed by atoms with Gasteiger partial charge in [-0.05, 0) is 73.1 Å². The minimum absolute atomic E-state index is 0.0759. The summed E-state index contributed by atoms with van der Waals surface area (Å²) < 4.78 is 5.35. The van der Waals surface area contributed by atoms with Crippen LogP contribution in [0.3, 0.4) is 0 Å². The van der Waals surface area contributed by atoms with Crippen LogP contribution in [0.25, 0.3) is 0 Å². The Balaban J connectivity index is 1.70. The molecular formula is C21H28O5. The minimum Gasteiger partial charge on any atom is -0.497 e. The van der Waals surface area contributed by atoms with Gasteiger partial charge in [-0.15, -0.1) is 0 Å². The monoisotopic (exact) mass is 360 g/mol. The lowest BCUT2D eigenvalue weighted by molar-refractivity contribution is -0.173. The molecule has 6 atom stereocenters. The van der Waals surface area contributed by atoms with E-state index in [9.17, 15) is 20.1 Å². The number of hydrogen-bond donors (Lipinski definition) is 3. The number of ketones is 1. The van der Waals surface area contributed by atoms with Gasteiger partial charge < -0.3 is 20.1 Å². The summed E-state index contributed by atoms with van der Waals surface area (Å²) in [6, 6.07) is 6.28. The number of carbonyl (C=O) groups is 1. The summed E-state index contributed by atoms with van der Waals surface area (Å²) in [4.78, 5) is 12.4. The second-order valence-corrected chi connectivity index (χ2v) is 8.54. The zero-order valence-corrected chi connectivity index (χ0v) is 15.4. The lowest BCUT2D eigenvalue weighted by Gasteiger charge is -2.52. The molecule has 0 unspecified atom stereocenters. The van der Waals surface area contributed by atoms with E-state index < -0.39 is 29.5 Å². The minimum atomic E-state index is -1.84. The van der Waals surface area contributed by atoms with E-state index in [0.717, 1.165) is 25.0 Å². The van der Waals surface area contributed by atoms with Gasteiger partial charge in [-0.1, -0.05) is 13.0 Å². The second kappa shape index (κ2) is 6.04. The highest BCUT2D eigenvalue weighted by Gasteiger charge is 2.68. The van der Waals surface area contributed by atoms with Crippen molar-refractivity contribution in [2.45, 2.75) is 56.7 Å². The smallest absolute Gasteiger partial charge is 0.192 e. The molecule has 4 rings (SSSR count). The maximum absolute atomic E-state index is 12.4. The van der Waals surface area contributed by atoms with Crippen LogP contribution in [0.2, 0.25) is 0 Å². The normalized spacial score (nSPS) is 41.1. The predicted molar refractivity (Wildman–Crippen MR) is 96.0 cm³/mol. The van der Waals surface area contributed by atoms with Gasteiger partial charge in [0.1, 0.15) is 12.4 Å². The van der Waals surface area contributed by atoms with Crippen molar-refractivity contribution in [3.8, 4) is 5.75 Å². The van der Waals surface area contributed by atoms with Crippen molar-refractivity contribution in [3.63, 3.8) is 0 Å². The molecule has 1 aromatic carbocycles. The first kappa shape index (κ1) is 18.0. The van der Waals surface area contributed by atoms with Crippen molar-refractivity contribution < 1.29 is 24.9 Å². The highest BCUT2D eigenvalue weighted by atomic mass is 16.5. The Morgan fingerprint density at radius 2 is 2.12 bits per heavy atom. The van der Waals surface area contributed by atoms with Crippen LogP contribution in [0.5, 0.6) is 5.75 Å². The topological polar surface area (TPSA) is 87.0 Å². The standard InChI is InChI=1S/C21H28O5/c1-20-8-7-15-14-6-4-13(26-2)9-12(14)3-5-16(15)17(20)10-18(23)21(20,25)19(24)11-22/h4,6,9,15-18,22-23,25H,3,5,7-8,10-11H2,1-2H3/t15-,16-,17+,18-,20+,21+/m1/s1. The number of ether oxygens (including phenoxy) is 1. The third-order valence-electron chi connectivity index (χ3n) is 7.72. The highest BCUT2D eigenvalue weighted by Crippen LogP contribution is 2.64. The van der Waals surface area contributed by atoms with Crippen molar-refractivity contribution in [2.75, 3.05) is 13.7 Å². The van der Waals surface area contributed by atoms with E-state index in [1.54, 1.807) is 7.11 Å². The van der Waals surface area contributed by atoms with Crippen LogP contribution < -0.4 is 4.74 Å². The summed E-state index contributed by atoms with van der Waals surface area (Å²) in [6.07, 6.45) is 2.80. The van der Waals surface area contributed by atoms with E-state index in [-0.39, 0.29) is 5.92 Å². The molecule has 5 nitrogen and oxygen atoms in total. The van der Waals surface area contributed by atoms with Crippen LogP contribution in [-0.4, -0.2) is 46.5 Å². The summed E-state index contributed by atoms with van der Waals surface area (Å²) in [6.45, 7) is 1.20. The fraction of sp³-hybridized carbons (Fsp3) is 0.667. The molecule has 142 valence electrons. The lowest BCUT2D eigenvalue weighted by Crippen LogP contribution is -2.59. The molecular weight excluding hydrogens is 332 g/mol. The van der Waals surface area contributed by atoms with Gasteiger partial charge in [0.25, 0.3) is 0 Å². The van der Waals surface area contributed by atoms with Gasteiger partial charge in [0.2, 0.25) is 0 Å². The highest BCUT2D eigenvalue weighted by molar-refractivity contribution is 5.90. The molecule has 0 spiro atoms. The Bertz CT molecular complexity index is 731. The van der Waals surface area contributed by atoms with E-state index in [2.05, 4.69) is 12.1 Å². The number of aliphatic hydroxyl groups excluding tert-OH is 2. The van der Waals surface area contributed by atoms with E-state index >= 15 is 0 Å². The predicted octanol–water partition coefficient (Wildman–Crippen LogP) is 1.81. The van der Waals surface area contributed by atoms with Gasteiger partial charge in [-0.3, -0.25) is 4.79 Å². The van der Waals surface area contributed by atoms with Crippen LogP contribution >= 0.6 is 0 Å². The van der Waals surface area contributed by atoms with Crippen LogP contribution in [0.1, 0.15) is 49.7 Å². The van der Waals surface area contributed by atoms with E-state index in [1.807, 2.05) is 13.0 Å². The van der Waals surface area contributed by atoms with Gasteiger partial charge in [0.15, 0.2) is 11.4 Å². The molecule has 3 aliphatic carbocycles. The van der Waals surface area contributed by atoms with Crippen LogP contribution in [0.4, 0.5) is 0 Å². The Morgan fingerprint density at radius 3 is 2.81 bits per heavy atom. The number of hydrogen-bond acceptors (Lipinski definition) is 5. The van der Waals surface area contributed by atoms with Crippen molar-refractivity contribution in [1.29, 1.82) is 0 Å². The Hall–Kier alpha value is -1.43. The molecule has 26 heavy (non-hydrogen) atoms. The molecule has 0 aromatic heterocycles. The molecule has 2 saturated carbocycles. The second-order valence-electron chi connectivity index (χ2n) is 8.54. The van der Waals surface area contributed by atoms with E-state index in [1.165, 1.54) is 11.1 Å². The number of aliphatic hydroxyl groups is 3. The SMILES string of the molecule is COc1ccc2c(c1)CC[C@@H]1[C@@H]2CC[C@@]2(C)[C@H]1C[C@@H](O)[C@]2(O)C(=O)CO. The molecule has 0 heterocycles. The summed E-state index contributed by atoms with van der Waals surface area (Å²) in [5.41, 5.74) is 0.159. The average Bonchev–Trinajstić information content (AvgIpc) is 2.87. The Morgan fingerprint density at radius 1 is 1.35 bits per heavy atom. The molecule has 0 aliphatic heterocycles. The van der Waals surface area contributed by atoms with Crippen molar-refractivity contribution >= 4 is 5.78 Å². The van der Waals surface area contributed by atoms with Crippen molar-refractivity contribution in [3.05, 3.63) is 29.3 Å². The quantitative estimate of drug-likeness (QED) is 0.765. The number of methoxy groups -OCH3 is 1. The number of fused-ring (bicyclic) bond motifs is 5. The number of benzene rings is 1. The van der Waals surface area contributed by atoms with Crippen LogP contribution in [-0.2, 0) is 11.2 Å². The molecule has 5 heteroatoms. The molecule has 2 fully saturated rings. The van der Waals surface area contributed by atoms with E-state index in [4.69, 9.17) is 4.74 Å². The van der Waals surface area contributed by atoms with Crippen LogP contribution in [0, 0.1) is 17.3 Å². The van der Waals surface area contributed by atoms with Crippen molar-refractivity contribution in [1.82, 2.24) is 0 Å². The first-order valence-corrected chi connectivity index (χ1v) is 9.58. The molecule has 0 radical (unpaired) electrons. The van der Waals surface area contributed by atoms with Gasteiger partial charge in [-0.2, -0.15) is 0 Å². The Labute approximate surface area is 154 Å². The number of aryl methyl sites for hydroxylation is 1. The van der Waals surface area contributed by atoms with E-state index in [0.29, 0.717) is 24.7 Å². The summed E-state index contributed by atoms with van der Waals surface area (Å²) >= 11 is 0. The number of Topliss-reactive ketones (excluding diaryl/α,β-unsaturated/α-hetero) is 1. The largest absolute Gasteiger partial charge is 0.497 e. The molecule has 1 aromatic rings. The third kappa shape index (κ3) is 2.17. The molecule has 3 N–H and O–H groups in total. The maximum atomic E-state index is 12.4. The fourth-order valence-electron chi connectivity index (χ4n) is 6.33. The third-order valence-corrected chi connectivity index (χ3v) is 7.72. The average molecular weight is 360 g/mol. The molecule has 0 saturated heterocycles. The summed E-state index contributed by atoms with van der Waals surface area (Å²) in [5, 5.41) is 31.1. The van der Waals surface area contributed by atoms with Gasteiger partial charge in [0, 0.05) is 5.41 Å². The maximum Gasteiger partial charge on any atom is 0.192 e. The lowest BCUT2D eigenvalue weighted by atomic mass is 9.53. The number of carbonyl (C=O) groups excluding carboxylic acids is 1. The summed E-state index contributed by atoms with van der Waals surface area (Å²) in [5.74, 6) is 1.04. The fourth-order valence-corrected chi connectivity index (χ4v) is 6.33. The van der Waals surface area contributed by atoms with Gasteiger partial charge >= 0.3 is 0 Å². The molecule has 0 amide bonds. The van der Waals surface area contributed by atoms with Crippen LogP contribution in [0.15, 0.2) is 18.2 Å². The van der Waals surface area contributed by atoms with Gasteiger partial charge in [0.05, 0.1) is 13.2 Å². The first-order valence-electron chi connectivity index (χ1n) is 9.58. The molecule has 0 bridgehead atoms.